The molecule has 1 heterocycles. The highest BCUT2D eigenvalue weighted by atomic mass is 32.1. The van der Waals surface area contributed by atoms with Gasteiger partial charge in [0.2, 0.25) is 0 Å². The van der Waals surface area contributed by atoms with Crippen molar-refractivity contribution >= 4 is 23.2 Å². The van der Waals surface area contributed by atoms with Crippen LogP contribution in [0.3, 0.4) is 0 Å². The summed E-state index contributed by atoms with van der Waals surface area (Å²) in [6.45, 7) is 1.45. The summed E-state index contributed by atoms with van der Waals surface area (Å²) in [4.78, 5) is 26.0. The number of carboxylic acids is 1. The molecule has 0 bridgehead atoms. The fourth-order valence-corrected chi connectivity index (χ4v) is 1.37. The predicted octanol–water partition coefficient (Wildman–Crippen LogP) is 0.266. The lowest BCUT2D eigenvalue weighted by Gasteiger charge is -1.96. The van der Waals surface area contributed by atoms with Crippen molar-refractivity contribution in [3.05, 3.63) is 16.1 Å². The molecule has 1 aromatic heterocycles. The number of carboxylic acid groups (broad SMARTS) is 1. The molecule has 0 fully saturated rings. The number of nitrogens with zero attached hydrogens (tertiary/aromatic N) is 1. The standard InChI is InChI=1S/C7H8N2O3S/c1-4-2-9-7(13-4)6(12)8-3-5(10)11/h2H,3H2,1H3,(H,8,12)(H,10,11). The van der Waals surface area contributed by atoms with Gasteiger partial charge in [0.25, 0.3) is 5.91 Å². The fraction of sp³-hybridized carbons (Fsp3) is 0.286. The second kappa shape index (κ2) is 3.99. The summed E-state index contributed by atoms with van der Waals surface area (Å²) in [7, 11) is 0. The second-order valence-electron chi connectivity index (χ2n) is 2.35. The third-order valence-electron chi connectivity index (χ3n) is 1.22. The van der Waals surface area contributed by atoms with E-state index in [4.69, 9.17) is 5.11 Å². The van der Waals surface area contributed by atoms with Gasteiger partial charge in [0.1, 0.15) is 6.54 Å². The highest BCUT2D eigenvalue weighted by Crippen LogP contribution is 2.10. The summed E-state index contributed by atoms with van der Waals surface area (Å²) in [6, 6.07) is 0. The molecule has 0 radical (unpaired) electrons. The minimum Gasteiger partial charge on any atom is -0.480 e. The SMILES string of the molecule is Cc1cnc(C(=O)NCC(=O)O)s1. The topological polar surface area (TPSA) is 79.3 Å². The van der Waals surface area contributed by atoms with Gasteiger partial charge in [-0.1, -0.05) is 0 Å². The van der Waals surface area contributed by atoms with Crippen LogP contribution in [0, 0.1) is 6.92 Å². The van der Waals surface area contributed by atoms with Crippen molar-refractivity contribution in [2.75, 3.05) is 6.54 Å². The van der Waals surface area contributed by atoms with Crippen molar-refractivity contribution in [3.8, 4) is 0 Å². The number of carbonyl (C=O) groups is 2. The third-order valence-corrected chi connectivity index (χ3v) is 2.13. The summed E-state index contributed by atoms with van der Waals surface area (Å²) in [5.74, 6) is -1.51. The maximum absolute atomic E-state index is 11.1. The van der Waals surface area contributed by atoms with Gasteiger partial charge in [0.15, 0.2) is 5.01 Å². The molecule has 2 N–H and O–H groups in total. The van der Waals surface area contributed by atoms with Crippen LogP contribution in [-0.4, -0.2) is 28.5 Å². The first-order chi connectivity index (χ1) is 6.09. The van der Waals surface area contributed by atoms with E-state index in [0.717, 1.165) is 4.88 Å². The molecule has 0 atom stereocenters. The number of rotatable bonds is 3. The quantitative estimate of drug-likeness (QED) is 0.733. The lowest BCUT2D eigenvalue weighted by atomic mass is 10.5. The van der Waals surface area contributed by atoms with Gasteiger partial charge >= 0.3 is 5.97 Å². The van der Waals surface area contributed by atoms with Gasteiger partial charge < -0.3 is 10.4 Å². The highest BCUT2D eigenvalue weighted by molar-refractivity contribution is 7.13. The molecule has 5 nitrogen and oxygen atoms in total. The molecule has 0 aliphatic heterocycles. The van der Waals surface area contributed by atoms with Crippen LogP contribution >= 0.6 is 11.3 Å². The Bertz CT molecular complexity index is 334. The first kappa shape index (κ1) is 9.66. The van der Waals surface area contributed by atoms with Crippen LogP contribution in [0.5, 0.6) is 0 Å². The maximum Gasteiger partial charge on any atom is 0.322 e. The van der Waals surface area contributed by atoms with Crippen LogP contribution in [0.15, 0.2) is 6.20 Å². The molecule has 13 heavy (non-hydrogen) atoms. The molecule has 0 saturated carbocycles. The van der Waals surface area contributed by atoms with E-state index in [1.165, 1.54) is 11.3 Å². The summed E-state index contributed by atoms with van der Waals surface area (Å²) >= 11 is 1.23. The van der Waals surface area contributed by atoms with Crippen LogP contribution in [0.4, 0.5) is 0 Å². The van der Waals surface area contributed by atoms with Crippen LogP contribution in [-0.2, 0) is 4.79 Å². The Morgan fingerprint density at radius 2 is 2.38 bits per heavy atom. The minimum atomic E-state index is -1.07. The largest absolute Gasteiger partial charge is 0.480 e. The van der Waals surface area contributed by atoms with Crippen LogP contribution < -0.4 is 5.32 Å². The van der Waals surface area contributed by atoms with E-state index in [-0.39, 0.29) is 6.54 Å². The van der Waals surface area contributed by atoms with Crippen LogP contribution in [0.1, 0.15) is 14.7 Å². The number of aromatic nitrogens is 1. The fourth-order valence-electron chi connectivity index (χ4n) is 0.691. The van der Waals surface area contributed by atoms with E-state index < -0.39 is 11.9 Å². The molecule has 6 heteroatoms. The Hall–Kier alpha value is -1.43. The van der Waals surface area contributed by atoms with E-state index in [0.29, 0.717) is 5.01 Å². The predicted molar refractivity (Wildman–Crippen MR) is 46.8 cm³/mol. The Balaban J connectivity index is 2.54. The number of hydrogen-bond donors (Lipinski definition) is 2. The molecular formula is C7H8N2O3S. The summed E-state index contributed by atoms with van der Waals surface area (Å²) < 4.78 is 0. The molecule has 1 aromatic rings. The Labute approximate surface area is 78.4 Å². The third kappa shape index (κ3) is 2.83. The minimum absolute atomic E-state index is 0.291. The van der Waals surface area contributed by atoms with Gasteiger partial charge in [-0.15, -0.1) is 11.3 Å². The van der Waals surface area contributed by atoms with E-state index >= 15 is 0 Å². The van der Waals surface area contributed by atoms with Gasteiger partial charge in [-0.3, -0.25) is 9.59 Å². The number of amides is 1. The van der Waals surface area contributed by atoms with E-state index in [2.05, 4.69) is 10.3 Å². The number of aliphatic carboxylic acids is 1. The number of nitrogens with one attached hydrogen (secondary N) is 1. The average Bonchev–Trinajstić information content (AvgIpc) is 2.47. The number of thiazole rings is 1. The average molecular weight is 200 g/mol. The molecule has 70 valence electrons. The summed E-state index contributed by atoms with van der Waals surface area (Å²) in [5.41, 5.74) is 0. The molecule has 1 rings (SSSR count). The molecule has 0 unspecified atom stereocenters. The molecule has 1 amide bonds. The smallest absolute Gasteiger partial charge is 0.322 e. The van der Waals surface area contributed by atoms with E-state index in [9.17, 15) is 9.59 Å². The summed E-state index contributed by atoms with van der Waals surface area (Å²) in [5, 5.41) is 10.8. The first-order valence-corrected chi connectivity index (χ1v) is 4.33. The normalized spacial score (nSPS) is 9.62. The van der Waals surface area contributed by atoms with Crippen LogP contribution in [0.2, 0.25) is 0 Å². The van der Waals surface area contributed by atoms with Crippen molar-refractivity contribution in [1.82, 2.24) is 10.3 Å². The zero-order valence-electron chi connectivity index (χ0n) is 6.90. The van der Waals surface area contributed by atoms with Crippen molar-refractivity contribution < 1.29 is 14.7 Å². The molecule has 0 aromatic carbocycles. The molecular weight excluding hydrogens is 192 g/mol. The highest BCUT2D eigenvalue weighted by Gasteiger charge is 2.10. The van der Waals surface area contributed by atoms with Gasteiger partial charge in [-0.2, -0.15) is 0 Å². The van der Waals surface area contributed by atoms with Gasteiger partial charge in [-0.25, -0.2) is 4.98 Å². The van der Waals surface area contributed by atoms with Crippen molar-refractivity contribution in [2.24, 2.45) is 0 Å². The van der Waals surface area contributed by atoms with Crippen molar-refractivity contribution in [2.45, 2.75) is 6.92 Å². The van der Waals surface area contributed by atoms with Crippen molar-refractivity contribution in [1.29, 1.82) is 0 Å². The first-order valence-electron chi connectivity index (χ1n) is 3.52. The Morgan fingerprint density at radius 1 is 1.69 bits per heavy atom. The number of carbonyl (C=O) groups excluding carboxylic acids is 1. The van der Waals surface area contributed by atoms with Crippen LogP contribution in [0.25, 0.3) is 0 Å². The molecule has 0 aliphatic carbocycles. The summed E-state index contributed by atoms with van der Waals surface area (Å²) in [6.07, 6.45) is 1.57. The second-order valence-corrected chi connectivity index (χ2v) is 3.59. The molecule has 0 spiro atoms. The van der Waals surface area contributed by atoms with Gasteiger partial charge in [-0.05, 0) is 6.92 Å². The number of aryl methyl sites for hydroxylation is 1. The number of hydrogen-bond acceptors (Lipinski definition) is 4. The Kier molecular flexibility index (Phi) is 2.97. The zero-order valence-corrected chi connectivity index (χ0v) is 7.72. The van der Waals surface area contributed by atoms with Gasteiger partial charge in [0.05, 0.1) is 0 Å². The lowest BCUT2D eigenvalue weighted by Crippen LogP contribution is -2.29. The van der Waals surface area contributed by atoms with Crippen molar-refractivity contribution in [3.63, 3.8) is 0 Å². The molecule has 0 saturated heterocycles. The maximum atomic E-state index is 11.1. The monoisotopic (exact) mass is 200 g/mol. The molecule has 0 aliphatic rings. The lowest BCUT2D eigenvalue weighted by molar-refractivity contribution is -0.135. The van der Waals surface area contributed by atoms with E-state index in [1.54, 1.807) is 6.20 Å². The zero-order chi connectivity index (χ0) is 9.84. The Morgan fingerprint density at radius 3 is 2.85 bits per heavy atom. The van der Waals surface area contributed by atoms with Gasteiger partial charge in [0, 0.05) is 11.1 Å². The van der Waals surface area contributed by atoms with E-state index in [1.807, 2.05) is 6.92 Å².